The van der Waals surface area contributed by atoms with Crippen molar-refractivity contribution in [1.82, 2.24) is 4.90 Å². The van der Waals surface area contributed by atoms with Gasteiger partial charge in [0.15, 0.2) is 0 Å². The molecule has 1 heterocycles. The third-order valence-corrected chi connectivity index (χ3v) is 3.29. The van der Waals surface area contributed by atoms with Gasteiger partial charge in [0, 0.05) is 19.6 Å². The van der Waals surface area contributed by atoms with Crippen LogP contribution in [0.4, 0.5) is 0 Å². The summed E-state index contributed by atoms with van der Waals surface area (Å²) in [4.78, 5) is 2.30. The van der Waals surface area contributed by atoms with Crippen LogP contribution < -0.4 is 0 Å². The van der Waals surface area contributed by atoms with E-state index in [1.54, 1.807) is 0 Å². The van der Waals surface area contributed by atoms with Gasteiger partial charge in [-0.2, -0.15) is 0 Å². The minimum Gasteiger partial charge on any atom is -0.395 e. The molecule has 0 aliphatic carbocycles. The molecular formula is C12H25NO2. The summed E-state index contributed by atoms with van der Waals surface area (Å²) >= 11 is 0. The number of hydrogen-bond donors (Lipinski definition) is 1. The van der Waals surface area contributed by atoms with Crippen molar-refractivity contribution in [3.8, 4) is 0 Å². The Bertz CT molecular complexity index is 174. The van der Waals surface area contributed by atoms with Crippen molar-refractivity contribution in [3.05, 3.63) is 0 Å². The van der Waals surface area contributed by atoms with E-state index < -0.39 is 0 Å². The van der Waals surface area contributed by atoms with E-state index >= 15 is 0 Å². The molecule has 0 radical (unpaired) electrons. The Balaban J connectivity index is 2.25. The quantitative estimate of drug-likeness (QED) is 0.757. The molecule has 1 saturated heterocycles. The predicted molar refractivity (Wildman–Crippen MR) is 62.0 cm³/mol. The maximum atomic E-state index is 8.84. The molecule has 15 heavy (non-hydrogen) atoms. The van der Waals surface area contributed by atoms with Crippen LogP contribution in [0.2, 0.25) is 0 Å². The molecule has 0 amide bonds. The maximum Gasteiger partial charge on any atom is 0.0627 e. The molecule has 90 valence electrons. The number of piperidine rings is 1. The van der Waals surface area contributed by atoms with Crippen molar-refractivity contribution in [2.45, 2.75) is 51.7 Å². The number of aliphatic hydroxyl groups excluding tert-OH is 1. The minimum atomic E-state index is 0.0177. The Morgan fingerprint density at radius 3 is 2.40 bits per heavy atom. The molecule has 0 aromatic carbocycles. The fourth-order valence-corrected chi connectivity index (χ4v) is 1.93. The van der Waals surface area contributed by atoms with E-state index in [0.717, 1.165) is 38.9 Å². The number of rotatable bonds is 5. The van der Waals surface area contributed by atoms with E-state index in [0.29, 0.717) is 6.10 Å². The molecule has 0 atom stereocenters. The van der Waals surface area contributed by atoms with Gasteiger partial charge in [-0.25, -0.2) is 0 Å². The molecule has 0 aromatic rings. The lowest BCUT2D eigenvalue weighted by Gasteiger charge is -2.36. The Labute approximate surface area is 93.4 Å². The Morgan fingerprint density at radius 2 is 1.93 bits per heavy atom. The first kappa shape index (κ1) is 12.9. The van der Waals surface area contributed by atoms with Gasteiger partial charge in [0.05, 0.1) is 18.3 Å². The summed E-state index contributed by atoms with van der Waals surface area (Å²) in [6.07, 6.45) is 3.67. The SMILES string of the molecule is CCC(C)(C)OC1CCN(CCO)CC1. The number of ether oxygens (including phenoxy) is 1. The van der Waals surface area contributed by atoms with Crippen LogP contribution in [0.15, 0.2) is 0 Å². The first-order valence-corrected chi connectivity index (χ1v) is 6.08. The zero-order valence-electron chi connectivity index (χ0n) is 10.3. The zero-order valence-corrected chi connectivity index (χ0v) is 10.3. The minimum absolute atomic E-state index is 0.0177. The smallest absolute Gasteiger partial charge is 0.0627 e. The molecule has 3 nitrogen and oxygen atoms in total. The lowest BCUT2D eigenvalue weighted by atomic mass is 10.0. The summed E-state index contributed by atoms with van der Waals surface area (Å²) in [5.74, 6) is 0. The number of β-amino-alcohol motifs (C(OH)–C–C–N with tert-alkyl or cyclic N) is 1. The average molecular weight is 215 g/mol. The Morgan fingerprint density at radius 1 is 1.33 bits per heavy atom. The Kier molecular flexibility index (Phi) is 5.03. The Hall–Kier alpha value is -0.120. The molecule has 0 aromatic heterocycles. The van der Waals surface area contributed by atoms with E-state index in [1.165, 1.54) is 0 Å². The molecule has 0 bridgehead atoms. The van der Waals surface area contributed by atoms with Gasteiger partial charge in [0.25, 0.3) is 0 Å². The largest absolute Gasteiger partial charge is 0.395 e. The van der Waals surface area contributed by atoms with Crippen LogP contribution in [0.5, 0.6) is 0 Å². The van der Waals surface area contributed by atoms with Gasteiger partial charge in [-0.05, 0) is 33.1 Å². The van der Waals surface area contributed by atoms with Crippen molar-refractivity contribution in [3.63, 3.8) is 0 Å². The van der Waals surface area contributed by atoms with Crippen molar-refractivity contribution in [2.24, 2.45) is 0 Å². The second kappa shape index (κ2) is 5.83. The average Bonchev–Trinajstić information content (AvgIpc) is 2.21. The summed E-state index contributed by atoms with van der Waals surface area (Å²) < 4.78 is 6.07. The van der Waals surface area contributed by atoms with Crippen LogP contribution in [-0.4, -0.2) is 48.0 Å². The van der Waals surface area contributed by atoms with Crippen molar-refractivity contribution < 1.29 is 9.84 Å². The van der Waals surface area contributed by atoms with Crippen LogP contribution in [0.1, 0.15) is 40.0 Å². The van der Waals surface area contributed by atoms with Gasteiger partial charge in [-0.3, -0.25) is 0 Å². The lowest BCUT2D eigenvalue weighted by Crippen LogP contribution is -2.41. The summed E-state index contributed by atoms with van der Waals surface area (Å²) in [6, 6.07) is 0. The molecule has 1 rings (SSSR count). The molecule has 0 saturated carbocycles. The standard InChI is InChI=1S/C12H25NO2/c1-4-12(2,3)15-11-5-7-13(8-6-11)9-10-14/h11,14H,4-10H2,1-3H3. The molecule has 1 aliphatic heterocycles. The van der Waals surface area contributed by atoms with Crippen LogP contribution in [-0.2, 0) is 4.74 Å². The van der Waals surface area contributed by atoms with Crippen molar-refractivity contribution in [2.75, 3.05) is 26.2 Å². The topological polar surface area (TPSA) is 32.7 Å². The van der Waals surface area contributed by atoms with Crippen LogP contribution >= 0.6 is 0 Å². The second-order valence-electron chi connectivity index (χ2n) is 5.00. The molecule has 0 spiro atoms. The predicted octanol–water partition coefficient (Wildman–Crippen LogP) is 1.65. The van der Waals surface area contributed by atoms with Gasteiger partial charge < -0.3 is 14.7 Å². The molecule has 0 unspecified atom stereocenters. The monoisotopic (exact) mass is 215 g/mol. The molecule has 1 N–H and O–H groups in total. The highest BCUT2D eigenvalue weighted by Crippen LogP contribution is 2.22. The number of hydrogen-bond acceptors (Lipinski definition) is 3. The van der Waals surface area contributed by atoms with Crippen LogP contribution in [0.25, 0.3) is 0 Å². The number of aliphatic hydroxyl groups is 1. The molecule has 1 aliphatic rings. The number of likely N-dealkylation sites (tertiary alicyclic amines) is 1. The highest BCUT2D eigenvalue weighted by molar-refractivity contribution is 4.76. The third kappa shape index (κ3) is 4.49. The van der Waals surface area contributed by atoms with E-state index in [4.69, 9.17) is 9.84 Å². The third-order valence-electron chi connectivity index (χ3n) is 3.29. The van der Waals surface area contributed by atoms with Crippen molar-refractivity contribution >= 4 is 0 Å². The van der Waals surface area contributed by atoms with Gasteiger partial charge in [-0.15, -0.1) is 0 Å². The van der Waals surface area contributed by atoms with E-state index in [-0.39, 0.29) is 12.2 Å². The van der Waals surface area contributed by atoms with Gasteiger partial charge in [0.1, 0.15) is 0 Å². The lowest BCUT2D eigenvalue weighted by molar-refractivity contribution is -0.0942. The first-order chi connectivity index (χ1) is 7.07. The van der Waals surface area contributed by atoms with Gasteiger partial charge in [0.2, 0.25) is 0 Å². The normalized spacial score (nSPS) is 20.8. The van der Waals surface area contributed by atoms with E-state index in [9.17, 15) is 0 Å². The molecule has 1 fully saturated rings. The summed E-state index contributed by atoms with van der Waals surface area (Å²) in [5, 5.41) is 8.84. The van der Waals surface area contributed by atoms with Crippen LogP contribution in [0, 0.1) is 0 Å². The highest BCUT2D eigenvalue weighted by Gasteiger charge is 2.25. The fourth-order valence-electron chi connectivity index (χ4n) is 1.93. The van der Waals surface area contributed by atoms with Crippen molar-refractivity contribution in [1.29, 1.82) is 0 Å². The first-order valence-electron chi connectivity index (χ1n) is 6.08. The van der Waals surface area contributed by atoms with E-state index in [2.05, 4.69) is 25.7 Å². The summed E-state index contributed by atoms with van der Waals surface area (Å²) in [6.45, 7) is 9.69. The summed E-state index contributed by atoms with van der Waals surface area (Å²) in [5.41, 5.74) is 0.0177. The second-order valence-corrected chi connectivity index (χ2v) is 5.00. The zero-order chi connectivity index (χ0) is 11.3. The molecule has 3 heteroatoms. The highest BCUT2D eigenvalue weighted by atomic mass is 16.5. The van der Waals surface area contributed by atoms with E-state index in [1.807, 2.05) is 0 Å². The number of nitrogens with zero attached hydrogens (tertiary/aromatic N) is 1. The van der Waals surface area contributed by atoms with Gasteiger partial charge >= 0.3 is 0 Å². The maximum absolute atomic E-state index is 8.84. The molecular weight excluding hydrogens is 190 g/mol. The van der Waals surface area contributed by atoms with Gasteiger partial charge in [-0.1, -0.05) is 6.92 Å². The fraction of sp³-hybridized carbons (Fsp3) is 1.00. The van der Waals surface area contributed by atoms with Crippen LogP contribution in [0.3, 0.4) is 0 Å². The summed E-state index contributed by atoms with van der Waals surface area (Å²) in [7, 11) is 0.